The van der Waals surface area contributed by atoms with E-state index in [0.717, 1.165) is 32.5 Å². The molecule has 40 heavy (non-hydrogen) atoms. The van der Waals surface area contributed by atoms with Crippen molar-refractivity contribution >= 4 is 23.8 Å². The minimum absolute atomic E-state index is 0.00737. The van der Waals surface area contributed by atoms with Gasteiger partial charge in [0.15, 0.2) is 5.82 Å². The van der Waals surface area contributed by atoms with Crippen LogP contribution in [0.5, 0.6) is 0 Å². The number of nitrogens with zero attached hydrogens (tertiary/aromatic N) is 9. The van der Waals surface area contributed by atoms with Gasteiger partial charge in [-0.1, -0.05) is 0 Å². The van der Waals surface area contributed by atoms with Gasteiger partial charge in [-0.25, -0.2) is 18.7 Å². The normalized spacial score (nSPS) is 19.1. The molecule has 0 aliphatic carbocycles. The van der Waals surface area contributed by atoms with Crippen LogP contribution in [0.1, 0.15) is 25.0 Å². The number of morpholine rings is 1. The minimum Gasteiger partial charge on any atom is -0.378 e. The number of halogens is 2. The Hall–Kier alpha value is -3.30. The van der Waals surface area contributed by atoms with Crippen molar-refractivity contribution in [2.45, 2.75) is 19.3 Å². The van der Waals surface area contributed by atoms with Crippen molar-refractivity contribution in [1.29, 1.82) is 0 Å². The number of rotatable bonds is 8. The predicted octanol–water partition coefficient (Wildman–Crippen LogP) is 0.265. The van der Waals surface area contributed by atoms with Crippen LogP contribution < -0.4 is 20.9 Å². The number of ether oxygens (including phenoxy) is 1. The summed E-state index contributed by atoms with van der Waals surface area (Å²) in [6.45, 7) is 7.58. The standard InChI is InChI=1S/C25H37F2N11O2/c1-35(15-17-2-4-29-5-3-17)16-19(39)36-6-8-37(9-7-36)24-32-22(18-14-30-23(28)31-20(18)21(26)27)33-25(34-24)38-10-12-40-13-11-38/h14,17,21,29H,2-13,15-16H2,1H3,(H2,28,30,31). The van der Waals surface area contributed by atoms with Crippen molar-refractivity contribution < 1.29 is 18.3 Å². The van der Waals surface area contributed by atoms with E-state index in [4.69, 9.17) is 10.5 Å². The van der Waals surface area contributed by atoms with Crippen LogP contribution >= 0.6 is 0 Å². The molecule has 0 atom stereocenters. The predicted molar refractivity (Wildman–Crippen MR) is 145 cm³/mol. The Morgan fingerprint density at radius 3 is 2.35 bits per heavy atom. The quantitative estimate of drug-likeness (QED) is 0.457. The van der Waals surface area contributed by atoms with Crippen LogP contribution in [0.4, 0.5) is 26.6 Å². The fourth-order valence-electron chi connectivity index (χ4n) is 5.32. The molecule has 0 unspecified atom stereocenters. The van der Waals surface area contributed by atoms with Gasteiger partial charge in [-0.3, -0.25) is 9.69 Å². The third kappa shape index (κ3) is 6.88. The lowest BCUT2D eigenvalue weighted by Crippen LogP contribution is -2.51. The second-order valence-corrected chi connectivity index (χ2v) is 10.4. The molecule has 0 spiro atoms. The summed E-state index contributed by atoms with van der Waals surface area (Å²) in [6.07, 6.45) is 0.621. The summed E-state index contributed by atoms with van der Waals surface area (Å²) >= 11 is 0. The number of piperazine rings is 1. The number of carbonyl (C=O) groups excluding carboxylic acids is 1. The van der Waals surface area contributed by atoms with E-state index in [2.05, 4.69) is 35.1 Å². The van der Waals surface area contributed by atoms with E-state index in [1.54, 1.807) is 0 Å². The molecule has 15 heteroatoms. The summed E-state index contributed by atoms with van der Waals surface area (Å²) in [6, 6.07) is 0. The van der Waals surface area contributed by atoms with E-state index in [1.165, 1.54) is 6.20 Å². The maximum Gasteiger partial charge on any atom is 0.281 e. The Labute approximate surface area is 232 Å². The van der Waals surface area contributed by atoms with E-state index < -0.39 is 12.1 Å². The van der Waals surface area contributed by atoms with Gasteiger partial charge in [0.05, 0.1) is 25.3 Å². The largest absolute Gasteiger partial charge is 0.378 e. The number of hydrogen-bond acceptors (Lipinski definition) is 12. The third-order valence-electron chi connectivity index (χ3n) is 7.54. The highest BCUT2D eigenvalue weighted by Gasteiger charge is 2.28. The maximum atomic E-state index is 13.8. The summed E-state index contributed by atoms with van der Waals surface area (Å²) < 4.78 is 33.1. The van der Waals surface area contributed by atoms with Crippen LogP contribution in [0.25, 0.3) is 11.4 Å². The lowest BCUT2D eigenvalue weighted by molar-refractivity contribution is -0.132. The summed E-state index contributed by atoms with van der Waals surface area (Å²) in [5.74, 6) is 1.26. The Kier molecular flexibility index (Phi) is 9.11. The zero-order chi connectivity index (χ0) is 28.1. The van der Waals surface area contributed by atoms with Crippen LogP contribution in [0.3, 0.4) is 0 Å². The molecule has 5 heterocycles. The Bertz CT molecular complexity index is 1150. The molecule has 1 amide bonds. The lowest BCUT2D eigenvalue weighted by Gasteiger charge is -2.36. The van der Waals surface area contributed by atoms with Gasteiger partial charge in [0.2, 0.25) is 23.8 Å². The van der Waals surface area contributed by atoms with Gasteiger partial charge in [0, 0.05) is 52.0 Å². The van der Waals surface area contributed by atoms with Crippen molar-refractivity contribution in [2.24, 2.45) is 5.92 Å². The molecule has 3 aliphatic rings. The maximum absolute atomic E-state index is 13.8. The van der Waals surface area contributed by atoms with Gasteiger partial charge in [0.25, 0.3) is 6.43 Å². The lowest BCUT2D eigenvalue weighted by atomic mass is 9.98. The molecule has 2 aromatic heterocycles. The van der Waals surface area contributed by atoms with Crippen molar-refractivity contribution in [1.82, 2.24) is 40.0 Å². The van der Waals surface area contributed by atoms with E-state index in [0.29, 0.717) is 76.8 Å². The number of alkyl halides is 2. The number of anilines is 3. The number of nitrogens with two attached hydrogens (primary N) is 1. The first kappa shape index (κ1) is 28.2. The van der Waals surface area contributed by atoms with Crippen LogP contribution in [-0.2, 0) is 9.53 Å². The SMILES string of the molecule is CN(CC(=O)N1CCN(c2nc(-c3cnc(N)nc3C(F)F)nc(N3CCOCC3)n2)CC1)CC1CCNCC1. The highest BCUT2D eigenvalue weighted by Crippen LogP contribution is 2.30. The molecule has 3 N–H and O–H groups in total. The van der Waals surface area contributed by atoms with Gasteiger partial charge in [0.1, 0.15) is 5.69 Å². The summed E-state index contributed by atoms with van der Waals surface area (Å²) in [5, 5.41) is 3.38. The van der Waals surface area contributed by atoms with E-state index >= 15 is 0 Å². The first-order chi connectivity index (χ1) is 19.4. The van der Waals surface area contributed by atoms with Crippen LogP contribution in [0, 0.1) is 5.92 Å². The number of nitrogens with one attached hydrogen (secondary N) is 1. The molecule has 3 saturated heterocycles. The molecule has 3 fully saturated rings. The van der Waals surface area contributed by atoms with Gasteiger partial charge >= 0.3 is 0 Å². The zero-order valence-electron chi connectivity index (χ0n) is 22.8. The van der Waals surface area contributed by atoms with Gasteiger partial charge in [-0.05, 0) is 38.9 Å². The average Bonchev–Trinajstić information content (AvgIpc) is 2.98. The monoisotopic (exact) mass is 561 g/mol. The minimum atomic E-state index is -2.88. The molecule has 13 nitrogen and oxygen atoms in total. The van der Waals surface area contributed by atoms with Crippen LogP contribution in [0.15, 0.2) is 6.20 Å². The average molecular weight is 562 g/mol. The fraction of sp³-hybridized carbons (Fsp3) is 0.680. The molecule has 5 rings (SSSR count). The summed E-state index contributed by atoms with van der Waals surface area (Å²) in [4.78, 5) is 42.3. The smallest absolute Gasteiger partial charge is 0.281 e. The van der Waals surface area contributed by atoms with Crippen LogP contribution in [0.2, 0.25) is 0 Å². The third-order valence-corrected chi connectivity index (χ3v) is 7.54. The Morgan fingerprint density at radius 1 is 1.05 bits per heavy atom. The van der Waals surface area contributed by atoms with Crippen LogP contribution in [-0.4, -0.2) is 126 Å². The molecule has 2 aromatic rings. The van der Waals surface area contributed by atoms with E-state index in [-0.39, 0.29) is 23.2 Å². The van der Waals surface area contributed by atoms with Crippen molar-refractivity contribution in [3.05, 3.63) is 11.9 Å². The number of hydrogen-bond donors (Lipinski definition) is 2. The first-order valence-electron chi connectivity index (χ1n) is 13.8. The highest BCUT2D eigenvalue weighted by molar-refractivity contribution is 5.78. The topological polar surface area (TPSA) is 142 Å². The zero-order valence-corrected chi connectivity index (χ0v) is 22.8. The number of likely N-dealkylation sites (N-methyl/N-ethyl adjacent to an activating group) is 1. The Morgan fingerprint density at radius 2 is 1.70 bits per heavy atom. The Balaban J connectivity index is 1.30. The molecular weight excluding hydrogens is 524 g/mol. The van der Waals surface area contributed by atoms with E-state index in [1.807, 2.05) is 21.7 Å². The molecule has 3 aliphatic heterocycles. The van der Waals surface area contributed by atoms with Gasteiger partial charge in [-0.15, -0.1) is 0 Å². The van der Waals surface area contributed by atoms with Gasteiger partial charge in [-0.2, -0.15) is 15.0 Å². The van der Waals surface area contributed by atoms with Crippen molar-refractivity contribution in [3.8, 4) is 11.4 Å². The highest BCUT2D eigenvalue weighted by atomic mass is 19.3. The molecule has 218 valence electrons. The molecule has 0 saturated carbocycles. The number of nitrogen functional groups attached to an aromatic ring is 1. The second-order valence-electron chi connectivity index (χ2n) is 10.4. The van der Waals surface area contributed by atoms with Crippen molar-refractivity contribution in [3.63, 3.8) is 0 Å². The molecular formula is C25H37F2N11O2. The number of aromatic nitrogens is 5. The second kappa shape index (κ2) is 12.9. The first-order valence-corrected chi connectivity index (χ1v) is 13.8. The number of amides is 1. The van der Waals surface area contributed by atoms with Gasteiger partial charge < -0.3 is 30.5 Å². The fourth-order valence-corrected chi connectivity index (χ4v) is 5.32. The van der Waals surface area contributed by atoms with Crippen molar-refractivity contribution in [2.75, 3.05) is 101 Å². The summed E-state index contributed by atoms with van der Waals surface area (Å²) in [5.41, 5.74) is 5.06. The molecule has 0 radical (unpaired) electrons. The molecule has 0 aromatic carbocycles. The number of carbonyl (C=O) groups is 1. The summed E-state index contributed by atoms with van der Waals surface area (Å²) in [7, 11) is 2.00. The van der Waals surface area contributed by atoms with E-state index in [9.17, 15) is 13.6 Å². The molecule has 0 bridgehead atoms. The number of piperidine rings is 1.